The Kier molecular flexibility index (Phi) is 5.81. The number of anilines is 1. The van der Waals surface area contributed by atoms with Crippen molar-refractivity contribution in [2.45, 2.75) is 27.3 Å². The molecule has 1 aromatic carbocycles. The summed E-state index contributed by atoms with van der Waals surface area (Å²) in [4.78, 5) is 9.43. The van der Waals surface area contributed by atoms with Crippen LogP contribution in [0.4, 0.5) is 5.69 Å². The van der Waals surface area contributed by atoms with Crippen molar-refractivity contribution < 1.29 is 4.74 Å². The average molecular weight is 392 g/mol. The minimum absolute atomic E-state index is 0.705. The lowest BCUT2D eigenvalue weighted by Crippen LogP contribution is -2.46. The van der Waals surface area contributed by atoms with Crippen molar-refractivity contribution in [1.82, 2.24) is 19.7 Å². The number of piperazine rings is 1. The van der Waals surface area contributed by atoms with Crippen LogP contribution in [-0.4, -0.2) is 52.5 Å². The Morgan fingerprint density at radius 2 is 1.72 bits per heavy atom. The molecule has 29 heavy (non-hydrogen) atoms. The molecule has 0 atom stereocenters. The highest BCUT2D eigenvalue weighted by atomic mass is 16.5. The molecular weight excluding hydrogens is 362 g/mol. The van der Waals surface area contributed by atoms with Crippen LogP contribution >= 0.6 is 0 Å². The van der Waals surface area contributed by atoms with E-state index in [0.29, 0.717) is 6.61 Å². The van der Waals surface area contributed by atoms with Crippen molar-refractivity contribution in [1.29, 1.82) is 0 Å². The monoisotopic (exact) mass is 391 g/mol. The van der Waals surface area contributed by atoms with Crippen LogP contribution in [-0.2, 0) is 6.54 Å². The lowest BCUT2D eigenvalue weighted by atomic mass is 10.1. The van der Waals surface area contributed by atoms with Crippen LogP contribution in [0.2, 0.25) is 0 Å². The maximum Gasteiger partial charge on any atom is 0.153 e. The molecular formula is C23H29N5O. The van der Waals surface area contributed by atoms with E-state index < -0.39 is 0 Å². The molecule has 0 saturated carbocycles. The molecule has 0 N–H and O–H groups in total. The number of pyridine rings is 1. The quantitative estimate of drug-likeness (QED) is 0.642. The Morgan fingerprint density at radius 3 is 2.38 bits per heavy atom. The molecule has 0 unspecified atom stereocenters. The number of rotatable bonds is 6. The maximum atomic E-state index is 5.54. The molecule has 1 saturated heterocycles. The van der Waals surface area contributed by atoms with Gasteiger partial charge in [-0.15, -0.1) is 0 Å². The van der Waals surface area contributed by atoms with Crippen molar-refractivity contribution in [2.75, 3.05) is 37.7 Å². The fraction of sp³-hybridized carbons (Fsp3) is 0.391. The van der Waals surface area contributed by atoms with Crippen molar-refractivity contribution >= 4 is 5.69 Å². The fourth-order valence-corrected chi connectivity index (χ4v) is 4.04. The van der Waals surface area contributed by atoms with Gasteiger partial charge in [0.1, 0.15) is 5.75 Å². The lowest BCUT2D eigenvalue weighted by molar-refractivity contribution is 0.249. The smallest absolute Gasteiger partial charge is 0.153 e. The Bertz CT molecular complexity index is 928. The van der Waals surface area contributed by atoms with Gasteiger partial charge in [-0.3, -0.25) is 4.90 Å². The highest BCUT2D eigenvalue weighted by Crippen LogP contribution is 2.27. The molecule has 0 aliphatic carbocycles. The molecule has 0 radical (unpaired) electrons. The zero-order chi connectivity index (χ0) is 20.2. The minimum Gasteiger partial charge on any atom is -0.494 e. The summed E-state index contributed by atoms with van der Waals surface area (Å²) in [7, 11) is 0. The largest absolute Gasteiger partial charge is 0.494 e. The molecule has 0 spiro atoms. The van der Waals surface area contributed by atoms with E-state index in [9.17, 15) is 0 Å². The van der Waals surface area contributed by atoms with Gasteiger partial charge in [-0.25, -0.2) is 9.67 Å². The van der Waals surface area contributed by atoms with Gasteiger partial charge in [0.05, 0.1) is 23.7 Å². The summed E-state index contributed by atoms with van der Waals surface area (Å²) in [5.74, 6) is 1.81. The molecule has 1 aliphatic heterocycles. The fourth-order valence-electron chi connectivity index (χ4n) is 4.04. The topological polar surface area (TPSA) is 46.4 Å². The van der Waals surface area contributed by atoms with Crippen LogP contribution in [0.25, 0.3) is 5.82 Å². The zero-order valence-electron chi connectivity index (χ0n) is 17.5. The van der Waals surface area contributed by atoms with E-state index in [1.807, 2.05) is 36.0 Å². The molecule has 6 heteroatoms. The number of aromatic nitrogens is 3. The van der Waals surface area contributed by atoms with E-state index >= 15 is 0 Å². The van der Waals surface area contributed by atoms with Crippen LogP contribution in [0.3, 0.4) is 0 Å². The Balaban J connectivity index is 1.40. The maximum absolute atomic E-state index is 5.54. The van der Waals surface area contributed by atoms with E-state index in [0.717, 1.165) is 55.7 Å². The van der Waals surface area contributed by atoms with E-state index in [1.165, 1.54) is 11.3 Å². The number of hydrogen-bond acceptors (Lipinski definition) is 5. The van der Waals surface area contributed by atoms with Gasteiger partial charge in [-0.05, 0) is 50.6 Å². The highest BCUT2D eigenvalue weighted by Gasteiger charge is 2.23. The Morgan fingerprint density at radius 1 is 0.966 bits per heavy atom. The van der Waals surface area contributed by atoms with E-state index in [-0.39, 0.29) is 0 Å². The highest BCUT2D eigenvalue weighted by molar-refractivity contribution is 5.56. The summed E-state index contributed by atoms with van der Waals surface area (Å²) in [5, 5.41) is 4.75. The first-order valence-electron chi connectivity index (χ1n) is 10.3. The predicted molar refractivity (Wildman–Crippen MR) is 116 cm³/mol. The van der Waals surface area contributed by atoms with Crippen LogP contribution in [0.5, 0.6) is 5.75 Å². The van der Waals surface area contributed by atoms with Crippen LogP contribution < -0.4 is 9.64 Å². The molecule has 4 rings (SSSR count). The molecule has 3 aromatic rings. The third-order valence-electron chi connectivity index (χ3n) is 5.45. The van der Waals surface area contributed by atoms with Gasteiger partial charge in [-0.2, -0.15) is 5.10 Å². The second-order valence-corrected chi connectivity index (χ2v) is 7.46. The van der Waals surface area contributed by atoms with Crippen LogP contribution in [0.15, 0.2) is 48.7 Å². The van der Waals surface area contributed by atoms with Crippen LogP contribution in [0, 0.1) is 13.8 Å². The van der Waals surface area contributed by atoms with Gasteiger partial charge in [-0.1, -0.05) is 18.2 Å². The van der Waals surface area contributed by atoms with Crippen molar-refractivity contribution in [3.8, 4) is 11.6 Å². The summed E-state index contributed by atoms with van der Waals surface area (Å²) in [6.07, 6.45) is 1.81. The molecule has 3 heterocycles. The Hall–Kier alpha value is -2.86. The third-order valence-corrected chi connectivity index (χ3v) is 5.45. The second kappa shape index (κ2) is 8.66. The number of nitrogens with zero attached hydrogens (tertiary/aromatic N) is 5. The summed E-state index contributed by atoms with van der Waals surface area (Å²) < 4.78 is 7.49. The molecule has 1 fully saturated rings. The van der Waals surface area contributed by atoms with E-state index in [1.54, 1.807) is 0 Å². The molecule has 0 bridgehead atoms. The number of hydrogen-bond donors (Lipinski definition) is 0. The van der Waals surface area contributed by atoms with Crippen molar-refractivity contribution in [2.24, 2.45) is 0 Å². The summed E-state index contributed by atoms with van der Waals surface area (Å²) in [6.45, 7) is 12.0. The third kappa shape index (κ3) is 4.27. The van der Waals surface area contributed by atoms with Gasteiger partial charge >= 0.3 is 0 Å². The average Bonchev–Trinajstić information content (AvgIpc) is 3.05. The molecule has 6 nitrogen and oxygen atoms in total. The normalized spacial score (nSPS) is 14.9. The van der Waals surface area contributed by atoms with Gasteiger partial charge in [0.15, 0.2) is 5.82 Å². The van der Waals surface area contributed by atoms with E-state index in [4.69, 9.17) is 9.84 Å². The first kappa shape index (κ1) is 19.5. The Labute approximate surface area is 172 Å². The molecule has 2 aromatic heterocycles. The molecule has 1 aliphatic rings. The van der Waals surface area contributed by atoms with Gasteiger partial charge in [0, 0.05) is 38.9 Å². The van der Waals surface area contributed by atoms with Gasteiger partial charge < -0.3 is 9.64 Å². The summed E-state index contributed by atoms with van der Waals surface area (Å²) in [6, 6.07) is 14.4. The van der Waals surface area contributed by atoms with Crippen LogP contribution in [0.1, 0.15) is 23.9 Å². The second-order valence-electron chi connectivity index (χ2n) is 7.46. The van der Waals surface area contributed by atoms with E-state index in [2.05, 4.69) is 52.9 Å². The van der Waals surface area contributed by atoms with Crippen molar-refractivity contribution in [3.05, 3.63) is 65.6 Å². The first-order valence-corrected chi connectivity index (χ1v) is 10.3. The lowest BCUT2D eigenvalue weighted by Gasteiger charge is -2.36. The van der Waals surface area contributed by atoms with Gasteiger partial charge in [0.25, 0.3) is 0 Å². The molecule has 152 valence electrons. The zero-order valence-corrected chi connectivity index (χ0v) is 17.5. The molecule has 0 amide bonds. The van der Waals surface area contributed by atoms with Gasteiger partial charge in [0.2, 0.25) is 0 Å². The number of ether oxygens (including phenoxy) is 1. The number of benzene rings is 1. The summed E-state index contributed by atoms with van der Waals surface area (Å²) in [5.41, 5.74) is 4.79. The standard InChI is InChI=1S/C23H29N5O/c1-4-29-21-10-8-20(9-11-21)17-26-13-15-27(16-14-26)23-18(2)25-28(19(23)3)22-7-5-6-12-24-22/h5-12H,4,13-17H2,1-3H3. The summed E-state index contributed by atoms with van der Waals surface area (Å²) >= 11 is 0. The SMILES string of the molecule is CCOc1ccc(CN2CCN(c3c(C)nn(-c4ccccn4)c3C)CC2)cc1. The predicted octanol–water partition coefficient (Wildman–Crippen LogP) is 3.61. The first-order chi connectivity index (χ1) is 14.2. The number of aryl methyl sites for hydroxylation is 1. The minimum atomic E-state index is 0.705. The van der Waals surface area contributed by atoms with Crippen molar-refractivity contribution in [3.63, 3.8) is 0 Å².